The normalized spacial score (nSPS) is 46.8. The van der Waals surface area contributed by atoms with Gasteiger partial charge in [-0.15, -0.1) is 0 Å². The fourth-order valence-corrected chi connectivity index (χ4v) is 7.20. The molecule has 4 aliphatic rings. The smallest absolute Gasteiger partial charge is 0.308 e. The van der Waals surface area contributed by atoms with Crippen molar-refractivity contribution in [1.29, 1.82) is 0 Å². The topological polar surface area (TPSA) is 46.5 Å². The van der Waals surface area contributed by atoms with Gasteiger partial charge < -0.3 is 9.84 Å². The van der Waals surface area contributed by atoms with Crippen molar-refractivity contribution in [2.45, 2.75) is 71.8 Å². The van der Waals surface area contributed by atoms with Gasteiger partial charge in [0, 0.05) is 10.8 Å². The first-order valence-corrected chi connectivity index (χ1v) is 10.6. The molecule has 26 heavy (non-hydrogen) atoms. The van der Waals surface area contributed by atoms with Gasteiger partial charge in [-0.2, -0.15) is 0 Å². The van der Waals surface area contributed by atoms with Gasteiger partial charge in [-0.05, 0) is 62.2 Å². The van der Waals surface area contributed by atoms with E-state index in [1.54, 1.807) is 5.57 Å². The average Bonchev–Trinajstić information content (AvgIpc) is 2.86. The van der Waals surface area contributed by atoms with Crippen LogP contribution in [-0.4, -0.2) is 23.8 Å². The molecule has 7 atom stereocenters. The Bertz CT molecular complexity index is 635. The maximum absolute atomic E-state index is 12.1. The largest absolute Gasteiger partial charge is 0.461 e. The lowest BCUT2D eigenvalue weighted by atomic mass is 9.48. The first kappa shape index (κ1) is 18.3. The highest BCUT2D eigenvalue weighted by Gasteiger charge is 2.61. The van der Waals surface area contributed by atoms with Gasteiger partial charge >= 0.3 is 5.97 Å². The maximum atomic E-state index is 12.1. The number of fused-ring (bicyclic) bond motifs is 5. The summed E-state index contributed by atoms with van der Waals surface area (Å²) in [6.07, 6.45) is 14.6. The average molecular weight is 359 g/mol. The Kier molecular flexibility index (Phi) is 4.58. The van der Waals surface area contributed by atoms with Crippen molar-refractivity contribution in [2.75, 3.05) is 6.61 Å². The Hall–Kier alpha value is -1.09. The molecule has 3 fully saturated rings. The molecule has 0 heterocycles. The van der Waals surface area contributed by atoms with Gasteiger partial charge in [0.2, 0.25) is 0 Å². The van der Waals surface area contributed by atoms with E-state index in [0.29, 0.717) is 11.8 Å². The third-order valence-corrected chi connectivity index (χ3v) is 8.42. The lowest BCUT2D eigenvalue weighted by Gasteiger charge is -2.56. The molecule has 0 spiro atoms. The lowest BCUT2D eigenvalue weighted by molar-refractivity contribution is -0.162. The Labute approximate surface area is 157 Å². The molecule has 4 rings (SSSR count). The summed E-state index contributed by atoms with van der Waals surface area (Å²) in [5.41, 5.74) is 2.01. The highest BCUT2D eigenvalue weighted by atomic mass is 16.5. The number of aliphatic hydroxyl groups excluding tert-OH is 1. The fraction of sp³-hybridized carbons (Fsp3) is 0.783. The quantitative estimate of drug-likeness (QED) is 0.590. The number of rotatable bonds is 3. The SMILES string of the molecule is C[C@@H]1C[C@H]2[C@@H]3CCC4=CCC=C[C@]4(C)[C@H]3CC[C@]2(C)[C@@H]1OC(=O)CCO. The third kappa shape index (κ3) is 2.61. The van der Waals surface area contributed by atoms with E-state index in [-0.39, 0.29) is 35.9 Å². The van der Waals surface area contributed by atoms with E-state index in [2.05, 4.69) is 39.0 Å². The first-order valence-electron chi connectivity index (χ1n) is 10.6. The molecule has 0 unspecified atom stereocenters. The van der Waals surface area contributed by atoms with Crippen molar-refractivity contribution >= 4 is 5.97 Å². The van der Waals surface area contributed by atoms with Crippen LogP contribution in [0.5, 0.6) is 0 Å². The maximum Gasteiger partial charge on any atom is 0.308 e. The van der Waals surface area contributed by atoms with E-state index < -0.39 is 0 Å². The zero-order valence-corrected chi connectivity index (χ0v) is 16.5. The minimum atomic E-state index is -0.232. The van der Waals surface area contributed by atoms with Crippen molar-refractivity contribution in [3.05, 3.63) is 23.8 Å². The predicted molar refractivity (Wildman–Crippen MR) is 102 cm³/mol. The summed E-state index contributed by atoms with van der Waals surface area (Å²) in [5, 5.41) is 9.05. The summed E-state index contributed by atoms with van der Waals surface area (Å²) in [7, 11) is 0. The van der Waals surface area contributed by atoms with Crippen LogP contribution in [0, 0.1) is 34.5 Å². The minimum Gasteiger partial charge on any atom is -0.461 e. The van der Waals surface area contributed by atoms with Crippen LogP contribution in [0.25, 0.3) is 0 Å². The second-order valence-corrected chi connectivity index (χ2v) is 9.71. The molecule has 0 aromatic heterocycles. The molecule has 0 saturated heterocycles. The second kappa shape index (κ2) is 6.51. The molecule has 0 aliphatic heterocycles. The highest BCUT2D eigenvalue weighted by Crippen LogP contribution is 2.65. The Morgan fingerprint density at radius 2 is 2.12 bits per heavy atom. The Morgan fingerprint density at radius 3 is 2.88 bits per heavy atom. The molecular formula is C23H34O3. The summed E-state index contributed by atoms with van der Waals surface area (Å²) in [5.74, 6) is 2.30. The Morgan fingerprint density at radius 1 is 1.31 bits per heavy atom. The minimum absolute atomic E-state index is 0.0131. The van der Waals surface area contributed by atoms with Crippen molar-refractivity contribution in [2.24, 2.45) is 34.5 Å². The molecule has 1 N–H and O–H groups in total. The zero-order chi connectivity index (χ0) is 18.5. The van der Waals surface area contributed by atoms with Gasteiger partial charge in [0.25, 0.3) is 0 Å². The number of hydrogen-bond acceptors (Lipinski definition) is 3. The number of allylic oxidation sites excluding steroid dienone is 4. The number of carbonyl (C=O) groups excluding carboxylic acids is 1. The Balaban J connectivity index is 1.59. The van der Waals surface area contributed by atoms with Gasteiger partial charge in [0.05, 0.1) is 13.0 Å². The molecule has 0 bridgehead atoms. The number of aliphatic hydroxyl groups is 1. The van der Waals surface area contributed by atoms with Crippen LogP contribution in [0.2, 0.25) is 0 Å². The van der Waals surface area contributed by atoms with E-state index in [1.165, 1.54) is 25.7 Å². The second-order valence-electron chi connectivity index (χ2n) is 9.71. The molecule has 3 heteroatoms. The van der Waals surface area contributed by atoms with E-state index in [1.807, 2.05) is 0 Å². The van der Waals surface area contributed by atoms with Gasteiger partial charge in [0.15, 0.2) is 0 Å². The molecular weight excluding hydrogens is 324 g/mol. The molecule has 0 amide bonds. The van der Waals surface area contributed by atoms with E-state index in [4.69, 9.17) is 9.84 Å². The van der Waals surface area contributed by atoms with E-state index in [0.717, 1.165) is 24.7 Å². The number of ether oxygens (including phenoxy) is 1. The van der Waals surface area contributed by atoms with Crippen LogP contribution in [0.4, 0.5) is 0 Å². The summed E-state index contributed by atoms with van der Waals surface area (Å²) in [6, 6.07) is 0. The van der Waals surface area contributed by atoms with Crippen LogP contribution in [0.3, 0.4) is 0 Å². The third-order valence-electron chi connectivity index (χ3n) is 8.42. The van der Waals surface area contributed by atoms with Crippen molar-refractivity contribution in [3.63, 3.8) is 0 Å². The summed E-state index contributed by atoms with van der Waals surface area (Å²) >= 11 is 0. The van der Waals surface area contributed by atoms with Crippen LogP contribution < -0.4 is 0 Å². The molecule has 144 valence electrons. The molecule has 3 nitrogen and oxygen atoms in total. The van der Waals surface area contributed by atoms with Gasteiger partial charge in [-0.25, -0.2) is 0 Å². The van der Waals surface area contributed by atoms with Gasteiger partial charge in [-0.1, -0.05) is 44.6 Å². The van der Waals surface area contributed by atoms with Crippen LogP contribution >= 0.6 is 0 Å². The fourth-order valence-electron chi connectivity index (χ4n) is 7.20. The van der Waals surface area contributed by atoms with Crippen molar-refractivity contribution in [3.8, 4) is 0 Å². The highest BCUT2D eigenvalue weighted by molar-refractivity contribution is 5.69. The molecule has 0 aromatic carbocycles. The van der Waals surface area contributed by atoms with Crippen molar-refractivity contribution in [1.82, 2.24) is 0 Å². The van der Waals surface area contributed by atoms with Crippen LogP contribution in [0.1, 0.15) is 65.7 Å². The zero-order valence-electron chi connectivity index (χ0n) is 16.5. The number of hydrogen-bond donors (Lipinski definition) is 1. The first-order chi connectivity index (χ1) is 12.4. The van der Waals surface area contributed by atoms with Crippen molar-refractivity contribution < 1.29 is 14.6 Å². The molecule has 0 aromatic rings. The van der Waals surface area contributed by atoms with Crippen LogP contribution in [-0.2, 0) is 9.53 Å². The summed E-state index contributed by atoms with van der Waals surface area (Å²) in [4.78, 5) is 12.1. The van der Waals surface area contributed by atoms with Crippen LogP contribution in [0.15, 0.2) is 23.8 Å². The van der Waals surface area contributed by atoms with E-state index in [9.17, 15) is 4.79 Å². The van der Waals surface area contributed by atoms with Gasteiger partial charge in [0.1, 0.15) is 6.10 Å². The van der Waals surface area contributed by atoms with E-state index >= 15 is 0 Å². The number of esters is 1. The predicted octanol–water partition coefficient (Wildman–Crippen LogP) is 4.66. The standard InChI is InChI=1S/C23H34O3/c1-15-14-19-17-8-7-16-6-4-5-11-22(16,2)18(17)9-12-23(19,3)21(15)26-20(25)10-13-24/h5-6,11,15,17-19,21,24H,4,7-10,12-14H2,1-3H3/t15-,17-,18+,19+,21-,22+,23+/m1/s1. The molecule has 0 radical (unpaired) electrons. The number of carbonyl (C=O) groups is 1. The van der Waals surface area contributed by atoms with Gasteiger partial charge in [-0.3, -0.25) is 4.79 Å². The molecule has 3 saturated carbocycles. The summed E-state index contributed by atoms with van der Waals surface area (Å²) in [6.45, 7) is 6.97. The monoisotopic (exact) mass is 358 g/mol. The lowest BCUT2D eigenvalue weighted by Crippen LogP contribution is -2.51. The summed E-state index contributed by atoms with van der Waals surface area (Å²) < 4.78 is 5.92. The molecule has 4 aliphatic carbocycles.